The summed E-state index contributed by atoms with van der Waals surface area (Å²) in [4.78, 5) is 0. The second kappa shape index (κ2) is 4.78. The minimum absolute atomic E-state index is 0.338. The summed E-state index contributed by atoms with van der Waals surface area (Å²) in [7, 11) is 0.836. The summed E-state index contributed by atoms with van der Waals surface area (Å²) in [5, 5.41) is 0. The highest BCUT2D eigenvalue weighted by Gasteiger charge is 2.44. The second-order valence-electron chi connectivity index (χ2n) is 4.31. The summed E-state index contributed by atoms with van der Waals surface area (Å²) in [5.41, 5.74) is 2.85. The van der Waals surface area contributed by atoms with Gasteiger partial charge in [0.05, 0.1) is 13.2 Å². The molecule has 1 heterocycles. The topological polar surface area (TPSA) is 27.7 Å². The Labute approximate surface area is 94.3 Å². The third-order valence-electron chi connectivity index (χ3n) is 3.33. The summed E-state index contributed by atoms with van der Waals surface area (Å²) in [6.45, 7) is 4.57. The highest BCUT2D eigenvalue weighted by Crippen LogP contribution is 2.43. The molecule has 0 unspecified atom stereocenters. The van der Waals surface area contributed by atoms with Crippen LogP contribution in [0.4, 0.5) is 0 Å². The van der Waals surface area contributed by atoms with Gasteiger partial charge in [0, 0.05) is 13.0 Å². The van der Waals surface area contributed by atoms with Gasteiger partial charge in [-0.05, 0) is 31.8 Å². The van der Waals surface area contributed by atoms with Crippen LogP contribution in [0.2, 0.25) is 0 Å². The van der Waals surface area contributed by atoms with Crippen molar-refractivity contribution in [1.29, 1.82) is 0 Å². The fourth-order valence-corrected chi connectivity index (χ4v) is 2.84. The van der Waals surface area contributed by atoms with Gasteiger partial charge >= 0.3 is 0 Å². The number of allylic oxidation sites excluding steroid dienone is 1. The predicted octanol–water partition coefficient (Wildman–Crippen LogP) is 0.917. The highest BCUT2D eigenvalue weighted by molar-refractivity contribution is 5.97. The molecule has 1 fully saturated rings. The van der Waals surface area contributed by atoms with E-state index in [-0.39, 0.29) is 5.79 Å². The van der Waals surface area contributed by atoms with Crippen LogP contribution >= 0.6 is 0 Å². The normalized spacial score (nSPS) is 24.6. The third kappa shape index (κ3) is 2.18. The molecule has 0 radical (unpaired) electrons. The lowest BCUT2D eigenvalue weighted by Crippen LogP contribution is -2.29. The first-order chi connectivity index (χ1) is 7.28. The number of hydrogen-bond acceptors (Lipinski definition) is 3. The van der Waals surface area contributed by atoms with E-state index in [9.17, 15) is 0 Å². The van der Waals surface area contributed by atoms with Gasteiger partial charge in [0.2, 0.25) is 0 Å². The SMILES string of the molecule is CC1=C(CCCO[SiH3])C2(CC1)OCCO2. The molecule has 86 valence electrons. The van der Waals surface area contributed by atoms with Crippen molar-refractivity contribution in [2.24, 2.45) is 0 Å². The lowest BCUT2D eigenvalue weighted by Gasteiger charge is -2.26. The number of ether oxygens (including phenoxy) is 2. The molecular formula is C11H20O3Si. The Bertz CT molecular complexity index is 257. The van der Waals surface area contributed by atoms with Crippen LogP contribution in [0.3, 0.4) is 0 Å². The van der Waals surface area contributed by atoms with E-state index < -0.39 is 0 Å². The van der Waals surface area contributed by atoms with Crippen molar-refractivity contribution >= 4 is 10.5 Å². The zero-order valence-corrected chi connectivity index (χ0v) is 11.7. The van der Waals surface area contributed by atoms with E-state index in [0.29, 0.717) is 0 Å². The average molecular weight is 228 g/mol. The summed E-state index contributed by atoms with van der Waals surface area (Å²) in [6.07, 6.45) is 4.28. The van der Waals surface area contributed by atoms with Crippen molar-refractivity contribution in [1.82, 2.24) is 0 Å². The Morgan fingerprint density at radius 2 is 2.13 bits per heavy atom. The second-order valence-corrected chi connectivity index (χ2v) is 4.88. The molecule has 4 heteroatoms. The number of rotatable bonds is 4. The quantitative estimate of drug-likeness (QED) is 0.407. The molecule has 0 aromatic rings. The molecule has 15 heavy (non-hydrogen) atoms. The minimum atomic E-state index is -0.338. The van der Waals surface area contributed by atoms with Crippen molar-refractivity contribution in [3.8, 4) is 0 Å². The Morgan fingerprint density at radius 3 is 2.80 bits per heavy atom. The molecule has 0 atom stereocenters. The molecule has 0 amide bonds. The van der Waals surface area contributed by atoms with Crippen molar-refractivity contribution in [3.63, 3.8) is 0 Å². The standard InChI is InChI=1S/C11H20O3Si/c1-9-4-5-11(12-7-8-13-11)10(9)3-2-6-14-15/h2-8H2,1,15H3. The van der Waals surface area contributed by atoms with Gasteiger partial charge in [0.15, 0.2) is 5.79 Å². The molecule has 1 aliphatic heterocycles. The molecule has 0 aromatic heterocycles. The maximum atomic E-state index is 5.80. The van der Waals surface area contributed by atoms with Crippen LogP contribution in [0.1, 0.15) is 32.6 Å². The van der Waals surface area contributed by atoms with Crippen molar-refractivity contribution < 1.29 is 13.9 Å². The molecule has 1 spiro atoms. The first-order valence-corrected chi connectivity index (χ1v) is 6.56. The lowest BCUT2D eigenvalue weighted by molar-refractivity contribution is -0.125. The molecule has 2 aliphatic rings. The van der Waals surface area contributed by atoms with Gasteiger partial charge in [-0.2, -0.15) is 0 Å². The van der Waals surface area contributed by atoms with E-state index in [1.54, 1.807) is 0 Å². The van der Waals surface area contributed by atoms with E-state index in [4.69, 9.17) is 13.9 Å². The van der Waals surface area contributed by atoms with Crippen LogP contribution in [0, 0.1) is 0 Å². The fourth-order valence-electron chi connectivity index (χ4n) is 2.55. The van der Waals surface area contributed by atoms with E-state index in [1.165, 1.54) is 11.1 Å². The van der Waals surface area contributed by atoms with Gasteiger partial charge in [-0.15, -0.1) is 0 Å². The first-order valence-electron chi connectivity index (χ1n) is 5.74. The maximum absolute atomic E-state index is 5.80. The summed E-state index contributed by atoms with van der Waals surface area (Å²) in [5.74, 6) is -0.338. The molecule has 1 saturated heterocycles. The Morgan fingerprint density at radius 1 is 1.40 bits per heavy atom. The summed E-state index contributed by atoms with van der Waals surface area (Å²) < 4.78 is 16.8. The van der Waals surface area contributed by atoms with Crippen LogP contribution in [0.5, 0.6) is 0 Å². The third-order valence-corrected chi connectivity index (χ3v) is 3.74. The van der Waals surface area contributed by atoms with Crippen molar-refractivity contribution in [3.05, 3.63) is 11.1 Å². The maximum Gasteiger partial charge on any atom is 0.191 e. The fraction of sp³-hybridized carbons (Fsp3) is 0.818. The van der Waals surface area contributed by atoms with Gasteiger partial charge in [0.25, 0.3) is 0 Å². The smallest absolute Gasteiger partial charge is 0.191 e. The summed E-state index contributed by atoms with van der Waals surface area (Å²) in [6, 6.07) is 0. The van der Waals surface area contributed by atoms with E-state index in [2.05, 4.69) is 6.92 Å². The van der Waals surface area contributed by atoms with Gasteiger partial charge in [0.1, 0.15) is 10.5 Å². The van der Waals surface area contributed by atoms with Crippen LogP contribution in [-0.2, 0) is 13.9 Å². The molecule has 1 aliphatic carbocycles. The zero-order valence-electron chi connectivity index (χ0n) is 9.67. The molecule has 0 aromatic carbocycles. The molecule has 2 rings (SSSR count). The van der Waals surface area contributed by atoms with Gasteiger partial charge in [-0.1, -0.05) is 5.57 Å². The molecule has 0 bridgehead atoms. The van der Waals surface area contributed by atoms with Gasteiger partial charge < -0.3 is 13.9 Å². The van der Waals surface area contributed by atoms with E-state index in [0.717, 1.165) is 56.0 Å². The first kappa shape index (κ1) is 11.3. The van der Waals surface area contributed by atoms with E-state index >= 15 is 0 Å². The van der Waals surface area contributed by atoms with Gasteiger partial charge in [-0.3, -0.25) is 0 Å². The summed E-state index contributed by atoms with van der Waals surface area (Å²) >= 11 is 0. The predicted molar refractivity (Wildman–Crippen MR) is 61.7 cm³/mol. The molecule has 0 N–H and O–H groups in total. The van der Waals surface area contributed by atoms with Gasteiger partial charge in [-0.25, -0.2) is 0 Å². The van der Waals surface area contributed by atoms with Crippen LogP contribution in [0.15, 0.2) is 11.1 Å². The van der Waals surface area contributed by atoms with Crippen LogP contribution < -0.4 is 0 Å². The minimum Gasteiger partial charge on any atom is -0.428 e. The zero-order chi connectivity index (χ0) is 10.7. The lowest BCUT2D eigenvalue weighted by atomic mass is 10.0. The molecular weight excluding hydrogens is 208 g/mol. The Balaban J connectivity index is 2.01. The average Bonchev–Trinajstić information content (AvgIpc) is 2.81. The largest absolute Gasteiger partial charge is 0.428 e. The van der Waals surface area contributed by atoms with Crippen molar-refractivity contribution in [2.75, 3.05) is 19.8 Å². The van der Waals surface area contributed by atoms with Crippen LogP contribution in [-0.4, -0.2) is 36.1 Å². The Kier molecular flexibility index (Phi) is 3.61. The highest BCUT2D eigenvalue weighted by atomic mass is 28.2. The molecule has 3 nitrogen and oxygen atoms in total. The van der Waals surface area contributed by atoms with Crippen LogP contribution in [0.25, 0.3) is 0 Å². The van der Waals surface area contributed by atoms with E-state index in [1.807, 2.05) is 0 Å². The monoisotopic (exact) mass is 228 g/mol. The Hall–Kier alpha value is -0.163. The molecule has 0 saturated carbocycles. The van der Waals surface area contributed by atoms with Crippen molar-refractivity contribution in [2.45, 2.75) is 38.4 Å². The number of hydrogen-bond donors (Lipinski definition) is 0.